The Kier molecular flexibility index (Phi) is 4.27. The Hall–Kier alpha value is -1.32. The summed E-state index contributed by atoms with van der Waals surface area (Å²) in [6.07, 6.45) is 3.73. The van der Waals surface area contributed by atoms with Gasteiger partial charge in [-0.25, -0.2) is 0 Å². The van der Waals surface area contributed by atoms with Crippen LogP contribution in [0.1, 0.15) is 43.1 Å². The van der Waals surface area contributed by atoms with Gasteiger partial charge in [-0.15, -0.1) is 0 Å². The Morgan fingerprint density at radius 3 is 2.47 bits per heavy atom. The lowest BCUT2D eigenvalue weighted by atomic mass is 9.98. The topological polar surface area (TPSA) is 38.1 Å². The van der Waals surface area contributed by atoms with Gasteiger partial charge in [0.1, 0.15) is 0 Å². The van der Waals surface area contributed by atoms with Gasteiger partial charge >= 0.3 is 0 Å². The van der Waals surface area contributed by atoms with E-state index in [1.54, 1.807) is 0 Å². The van der Waals surface area contributed by atoms with Gasteiger partial charge in [0, 0.05) is 32.3 Å². The molecule has 2 rings (SSSR count). The van der Waals surface area contributed by atoms with Crippen molar-refractivity contribution in [1.29, 1.82) is 0 Å². The minimum absolute atomic E-state index is 0.301. The minimum Gasteiger partial charge on any atom is -0.343 e. The van der Waals surface area contributed by atoms with E-state index < -0.39 is 0 Å². The smallest absolute Gasteiger partial charge is 0.222 e. The van der Waals surface area contributed by atoms with E-state index in [9.17, 15) is 4.79 Å². The summed E-state index contributed by atoms with van der Waals surface area (Å²) in [4.78, 5) is 14.2. The van der Waals surface area contributed by atoms with Crippen molar-refractivity contribution >= 4 is 5.91 Å². The SMILES string of the molecule is Cc1nn(C)c(C)c1CCC(=O)N1CCC(C)CC1. The summed E-state index contributed by atoms with van der Waals surface area (Å²) in [5.74, 6) is 1.07. The van der Waals surface area contributed by atoms with Gasteiger partial charge in [0.15, 0.2) is 0 Å². The van der Waals surface area contributed by atoms with E-state index in [4.69, 9.17) is 0 Å². The van der Waals surface area contributed by atoms with E-state index in [2.05, 4.69) is 18.9 Å². The summed E-state index contributed by atoms with van der Waals surface area (Å²) in [7, 11) is 1.96. The highest BCUT2D eigenvalue weighted by Gasteiger charge is 2.20. The van der Waals surface area contributed by atoms with Crippen LogP contribution in [0.15, 0.2) is 0 Å². The van der Waals surface area contributed by atoms with E-state index >= 15 is 0 Å². The first-order chi connectivity index (χ1) is 8.99. The van der Waals surface area contributed by atoms with Gasteiger partial charge in [-0.3, -0.25) is 9.48 Å². The molecule has 0 saturated carbocycles. The quantitative estimate of drug-likeness (QED) is 0.838. The fourth-order valence-electron chi connectivity index (χ4n) is 2.83. The van der Waals surface area contributed by atoms with Crippen LogP contribution in [0.4, 0.5) is 0 Å². The highest BCUT2D eigenvalue weighted by atomic mass is 16.2. The molecule has 4 nitrogen and oxygen atoms in total. The molecular formula is C15H25N3O. The molecule has 0 aliphatic carbocycles. The lowest BCUT2D eigenvalue weighted by Crippen LogP contribution is -2.38. The fourth-order valence-corrected chi connectivity index (χ4v) is 2.83. The maximum Gasteiger partial charge on any atom is 0.222 e. The first-order valence-electron chi connectivity index (χ1n) is 7.26. The molecule has 1 saturated heterocycles. The number of carbonyl (C=O) groups is 1. The second-order valence-corrected chi connectivity index (χ2v) is 5.84. The van der Waals surface area contributed by atoms with Crippen molar-refractivity contribution in [2.45, 2.75) is 46.5 Å². The van der Waals surface area contributed by atoms with Crippen LogP contribution in [0.25, 0.3) is 0 Å². The predicted molar refractivity (Wildman–Crippen MR) is 76.0 cm³/mol. The summed E-state index contributed by atoms with van der Waals surface area (Å²) in [6.45, 7) is 8.23. The maximum atomic E-state index is 12.2. The van der Waals surface area contributed by atoms with Crippen molar-refractivity contribution in [2.75, 3.05) is 13.1 Å². The number of nitrogens with zero attached hydrogens (tertiary/aromatic N) is 3. The summed E-state index contributed by atoms with van der Waals surface area (Å²) in [5, 5.41) is 4.40. The number of amides is 1. The number of rotatable bonds is 3. The molecule has 0 spiro atoms. The van der Waals surface area contributed by atoms with Crippen molar-refractivity contribution in [3.63, 3.8) is 0 Å². The van der Waals surface area contributed by atoms with E-state index in [-0.39, 0.29) is 0 Å². The molecule has 2 heterocycles. The minimum atomic E-state index is 0.301. The Labute approximate surface area is 115 Å². The normalized spacial score (nSPS) is 16.9. The second kappa shape index (κ2) is 5.76. The molecule has 1 fully saturated rings. The zero-order valence-corrected chi connectivity index (χ0v) is 12.6. The van der Waals surface area contributed by atoms with E-state index in [1.807, 2.05) is 23.6 Å². The summed E-state index contributed by atoms with van der Waals surface area (Å²) < 4.78 is 1.90. The summed E-state index contributed by atoms with van der Waals surface area (Å²) >= 11 is 0. The third-order valence-electron chi connectivity index (χ3n) is 4.38. The first-order valence-corrected chi connectivity index (χ1v) is 7.26. The molecule has 1 aliphatic heterocycles. The molecule has 1 amide bonds. The van der Waals surface area contributed by atoms with Crippen LogP contribution in [0, 0.1) is 19.8 Å². The van der Waals surface area contributed by atoms with Gasteiger partial charge in [-0.1, -0.05) is 6.92 Å². The lowest BCUT2D eigenvalue weighted by Gasteiger charge is -2.30. The number of hydrogen-bond donors (Lipinski definition) is 0. The van der Waals surface area contributed by atoms with Gasteiger partial charge in [0.05, 0.1) is 5.69 Å². The molecule has 1 aromatic heterocycles. The Balaban J connectivity index is 1.90. The molecular weight excluding hydrogens is 238 g/mol. The molecule has 0 bridgehead atoms. The van der Waals surface area contributed by atoms with E-state index in [0.29, 0.717) is 12.3 Å². The van der Waals surface area contributed by atoms with Gasteiger partial charge in [-0.2, -0.15) is 5.10 Å². The van der Waals surface area contributed by atoms with Crippen LogP contribution >= 0.6 is 0 Å². The molecule has 0 unspecified atom stereocenters. The summed E-state index contributed by atoms with van der Waals surface area (Å²) in [5.41, 5.74) is 3.47. The van der Waals surface area contributed by atoms with E-state index in [1.165, 1.54) is 11.3 Å². The van der Waals surface area contributed by atoms with Gasteiger partial charge in [0.2, 0.25) is 5.91 Å². The van der Waals surface area contributed by atoms with Crippen LogP contribution in [0.3, 0.4) is 0 Å². The number of hydrogen-bond acceptors (Lipinski definition) is 2. The third kappa shape index (κ3) is 3.17. The van der Waals surface area contributed by atoms with Crippen molar-refractivity contribution in [1.82, 2.24) is 14.7 Å². The number of carbonyl (C=O) groups excluding carboxylic acids is 1. The van der Waals surface area contributed by atoms with Crippen LogP contribution in [0.5, 0.6) is 0 Å². The van der Waals surface area contributed by atoms with Gasteiger partial charge in [-0.05, 0) is 44.6 Å². The Bertz CT molecular complexity index is 456. The highest BCUT2D eigenvalue weighted by molar-refractivity contribution is 5.76. The monoisotopic (exact) mass is 263 g/mol. The van der Waals surface area contributed by atoms with Crippen molar-refractivity contribution in [3.8, 4) is 0 Å². The van der Waals surface area contributed by atoms with Crippen molar-refractivity contribution in [2.24, 2.45) is 13.0 Å². The van der Waals surface area contributed by atoms with Crippen molar-refractivity contribution < 1.29 is 4.79 Å². The number of likely N-dealkylation sites (tertiary alicyclic amines) is 1. The molecule has 19 heavy (non-hydrogen) atoms. The molecule has 0 aromatic carbocycles. The molecule has 0 atom stereocenters. The molecule has 0 N–H and O–H groups in total. The Morgan fingerprint density at radius 1 is 1.32 bits per heavy atom. The van der Waals surface area contributed by atoms with Crippen LogP contribution in [-0.2, 0) is 18.3 Å². The average molecular weight is 263 g/mol. The zero-order valence-electron chi connectivity index (χ0n) is 12.6. The molecule has 106 valence electrons. The van der Waals surface area contributed by atoms with Gasteiger partial charge < -0.3 is 4.90 Å². The highest BCUT2D eigenvalue weighted by Crippen LogP contribution is 2.18. The molecule has 1 aromatic rings. The van der Waals surface area contributed by atoms with Crippen molar-refractivity contribution in [3.05, 3.63) is 17.0 Å². The number of aromatic nitrogens is 2. The summed E-state index contributed by atoms with van der Waals surface area (Å²) in [6, 6.07) is 0. The zero-order chi connectivity index (χ0) is 14.0. The molecule has 1 aliphatic rings. The Morgan fingerprint density at radius 2 is 1.95 bits per heavy atom. The second-order valence-electron chi connectivity index (χ2n) is 5.84. The predicted octanol–water partition coefficient (Wildman–Crippen LogP) is 2.23. The number of piperidine rings is 1. The largest absolute Gasteiger partial charge is 0.343 e. The fraction of sp³-hybridized carbons (Fsp3) is 0.733. The maximum absolute atomic E-state index is 12.2. The van der Waals surface area contributed by atoms with Crippen LogP contribution < -0.4 is 0 Å². The van der Waals surface area contributed by atoms with Crippen LogP contribution in [-0.4, -0.2) is 33.7 Å². The van der Waals surface area contributed by atoms with Gasteiger partial charge in [0.25, 0.3) is 0 Å². The first kappa shape index (κ1) is 14.1. The standard InChI is InChI=1S/C15H25N3O/c1-11-7-9-18(10-8-11)15(19)6-5-14-12(2)16-17(4)13(14)3/h11H,5-10H2,1-4H3. The number of aryl methyl sites for hydroxylation is 2. The molecule has 0 radical (unpaired) electrons. The van der Waals surface area contributed by atoms with Crippen LogP contribution in [0.2, 0.25) is 0 Å². The third-order valence-corrected chi connectivity index (χ3v) is 4.38. The lowest BCUT2D eigenvalue weighted by molar-refractivity contribution is -0.132. The average Bonchev–Trinajstić information content (AvgIpc) is 2.62. The molecule has 4 heteroatoms. The van der Waals surface area contributed by atoms with E-state index in [0.717, 1.165) is 44.0 Å².